The largest absolute Gasteiger partial charge is 0.461 e. The van der Waals surface area contributed by atoms with Crippen LogP contribution in [0.15, 0.2) is 30.3 Å². The number of hydrogen-bond donors (Lipinski definition) is 1. The zero-order valence-corrected chi connectivity index (χ0v) is 30.3. The summed E-state index contributed by atoms with van der Waals surface area (Å²) >= 11 is 0. The van der Waals surface area contributed by atoms with Crippen molar-refractivity contribution in [3.8, 4) is 6.01 Å². The molecule has 5 aliphatic heterocycles. The monoisotopic (exact) mass is 705 g/mol. The Labute approximate surface area is 299 Å². The molecule has 4 fully saturated rings. The second-order valence-corrected chi connectivity index (χ2v) is 15.5. The second-order valence-electron chi connectivity index (χ2n) is 15.5. The normalized spacial score (nSPS) is 25.6. The van der Waals surface area contributed by atoms with Crippen LogP contribution >= 0.6 is 0 Å². The first kappa shape index (κ1) is 35.1. The van der Waals surface area contributed by atoms with Crippen LogP contribution in [0.2, 0.25) is 0 Å². The molecule has 0 radical (unpaired) electrons. The van der Waals surface area contributed by atoms with Crippen LogP contribution in [0.5, 0.6) is 6.01 Å². The maximum atomic E-state index is 13.2. The molecule has 0 saturated carbocycles. The van der Waals surface area contributed by atoms with Crippen molar-refractivity contribution in [2.75, 3.05) is 51.3 Å². The number of fused-ring (bicyclic) bond motifs is 4. The lowest BCUT2D eigenvalue weighted by atomic mass is 9.95. The lowest BCUT2D eigenvalue weighted by Gasteiger charge is -2.43. The third kappa shape index (κ3) is 7.51. The predicted molar refractivity (Wildman–Crippen MR) is 187 cm³/mol. The molecule has 6 heterocycles. The van der Waals surface area contributed by atoms with Crippen LogP contribution in [0, 0.1) is 0 Å². The molecule has 4 saturated heterocycles. The summed E-state index contributed by atoms with van der Waals surface area (Å²) in [6, 6.07) is 10.1. The Hall–Kier alpha value is -4.33. The number of alkyl carbamates (subject to hydrolysis) is 1. The van der Waals surface area contributed by atoms with Gasteiger partial charge in [-0.25, -0.2) is 14.4 Å². The lowest BCUT2D eigenvalue weighted by molar-refractivity contribution is 0.0122. The van der Waals surface area contributed by atoms with Gasteiger partial charge in [-0.3, -0.25) is 9.80 Å². The first-order valence-corrected chi connectivity index (χ1v) is 18.4. The minimum absolute atomic E-state index is 0.0139. The molecule has 276 valence electrons. The molecule has 2 aromatic rings. The number of amides is 3. The van der Waals surface area contributed by atoms with Gasteiger partial charge in [-0.1, -0.05) is 30.3 Å². The summed E-state index contributed by atoms with van der Waals surface area (Å²) in [5.74, 6) is 0.817. The summed E-state index contributed by atoms with van der Waals surface area (Å²) in [5, 5.41) is 2.53. The highest BCUT2D eigenvalue weighted by molar-refractivity contribution is 5.71. The molecule has 51 heavy (non-hydrogen) atoms. The van der Waals surface area contributed by atoms with Crippen molar-refractivity contribution in [1.29, 1.82) is 0 Å². The van der Waals surface area contributed by atoms with Gasteiger partial charge in [0.25, 0.3) is 0 Å². The van der Waals surface area contributed by atoms with Gasteiger partial charge in [0, 0.05) is 38.3 Å². The first-order valence-electron chi connectivity index (χ1n) is 18.4. The molecule has 14 nitrogen and oxygen atoms in total. The van der Waals surface area contributed by atoms with E-state index in [1.165, 1.54) is 0 Å². The topological polar surface area (TPSA) is 139 Å². The van der Waals surface area contributed by atoms with Gasteiger partial charge in [0.2, 0.25) is 0 Å². The van der Waals surface area contributed by atoms with Gasteiger partial charge in [-0.05, 0) is 77.8 Å². The van der Waals surface area contributed by atoms with E-state index in [4.69, 9.17) is 28.9 Å². The van der Waals surface area contributed by atoms with Gasteiger partial charge in [0.1, 0.15) is 31.2 Å². The van der Waals surface area contributed by atoms with Gasteiger partial charge < -0.3 is 34.1 Å². The number of aromatic nitrogens is 2. The Balaban J connectivity index is 1.11. The van der Waals surface area contributed by atoms with Crippen LogP contribution in [-0.4, -0.2) is 119 Å². The predicted octanol–water partition coefficient (Wildman–Crippen LogP) is 4.49. The average molecular weight is 706 g/mol. The summed E-state index contributed by atoms with van der Waals surface area (Å²) in [6.45, 7) is 9.61. The number of piperazine rings is 1. The van der Waals surface area contributed by atoms with E-state index in [1.807, 2.05) is 56.0 Å². The molecule has 14 heteroatoms. The number of anilines is 1. The molecule has 4 atom stereocenters. The van der Waals surface area contributed by atoms with Crippen LogP contribution in [0.4, 0.5) is 20.2 Å². The third-order valence-electron chi connectivity index (χ3n) is 11.0. The van der Waals surface area contributed by atoms with Crippen molar-refractivity contribution >= 4 is 24.1 Å². The number of nitrogens with zero attached hydrogens (tertiary/aromatic N) is 6. The van der Waals surface area contributed by atoms with E-state index in [-0.39, 0.29) is 55.0 Å². The lowest BCUT2D eigenvalue weighted by Crippen LogP contribution is -2.57. The molecule has 5 aliphatic rings. The molecule has 7 rings (SSSR count). The zero-order valence-electron chi connectivity index (χ0n) is 30.3. The van der Waals surface area contributed by atoms with E-state index in [0.717, 1.165) is 67.7 Å². The summed E-state index contributed by atoms with van der Waals surface area (Å²) < 4.78 is 23.5. The fourth-order valence-electron chi connectivity index (χ4n) is 8.60. The average Bonchev–Trinajstić information content (AvgIpc) is 3.77. The molecule has 2 bridgehead atoms. The fraction of sp³-hybridized carbons (Fsp3) is 0.649. The summed E-state index contributed by atoms with van der Waals surface area (Å²) in [5.41, 5.74) is 1.95. The Kier molecular flexibility index (Phi) is 9.88. The van der Waals surface area contributed by atoms with E-state index >= 15 is 0 Å². The van der Waals surface area contributed by atoms with E-state index < -0.39 is 11.7 Å². The molecule has 0 spiro atoms. The highest BCUT2D eigenvalue weighted by atomic mass is 16.6. The van der Waals surface area contributed by atoms with Gasteiger partial charge in [-0.15, -0.1) is 0 Å². The number of carbonyl (C=O) groups excluding carboxylic acids is 3. The number of hydrogen-bond acceptors (Lipinski definition) is 11. The van der Waals surface area contributed by atoms with Crippen molar-refractivity contribution in [3.63, 3.8) is 0 Å². The van der Waals surface area contributed by atoms with Gasteiger partial charge in [0.15, 0.2) is 0 Å². The van der Waals surface area contributed by atoms with Crippen LogP contribution in [0.1, 0.15) is 76.1 Å². The maximum Gasteiger partial charge on any atom is 0.410 e. The molecule has 3 amide bonds. The van der Waals surface area contributed by atoms with Crippen molar-refractivity contribution < 1.29 is 33.3 Å². The van der Waals surface area contributed by atoms with Crippen LogP contribution < -0.4 is 15.0 Å². The van der Waals surface area contributed by atoms with E-state index in [1.54, 1.807) is 11.9 Å². The quantitative estimate of drug-likeness (QED) is 0.389. The number of rotatable bonds is 8. The highest BCUT2D eigenvalue weighted by Crippen LogP contribution is 2.43. The molecule has 1 aromatic heterocycles. The smallest absolute Gasteiger partial charge is 0.410 e. The summed E-state index contributed by atoms with van der Waals surface area (Å²) in [6.07, 6.45) is 5.21. The van der Waals surface area contributed by atoms with E-state index in [2.05, 4.69) is 15.1 Å². The second kappa shape index (κ2) is 14.4. The van der Waals surface area contributed by atoms with Crippen molar-refractivity contribution in [3.05, 3.63) is 47.2 Å². The number of ether oxygens (including phenoxy) is 4. The SMILES string of the molecule is CNC(=O)OCC1CCC2(COc3nc4c(c(N5C[C@H]6CC[C@@H](C5)N6C(=O)OC(C)(C)C)n3)CCN(C(=O)OCc3ccccc3)C4)CCCN12. The molecular formula is C37H51N7O7. The van der Waals surface area contributed by atoms with Crippen molar-refractivity contribution in [2.24, 2.45) is 0 Å². The maximum absolute atomic E-state index is 13.2. The van der Waals surface area contributed by atoms with Crippen LogP contribution in [0.25, 0.3) is 0 Å². The van der Waals surface area contributed by atoms with Gasteiger partial charge in [0.05, 0.1) is 29.9 Å². The number of carbonyl (C=O) groups is 3. The summed E-state index contributed by atoms with van der Waals surface area (Å²) in [4.78, 5) is 56.6. The van der Waals surface area contributed by atoms with E-state index in [0.29, 0.717) is 39.3 Å². The first-order chi connectivity index (χ1) is 24.5. The molecule has 2 unspecified atom stereocenters. The van der Waals surface area contributed by atoms with E-state index in [9.17, 15) is 14.4 Å². The molecule has 0 aliphatic carbocycles. The number of nitrogens with one attached hydrogen (secondary N) is 1. The minimum atomic E-state index is -0.565. The minimum Gasteiger partial charge on any atom is -0.461 e. The Morgan fingerprint density at radius 1 is 0.961 bits per heavy atom. The van der Waals surface area contributed by atoms with Crippen LogP contribution in [-0.2, 0) is 33.8 Å². The Morgan fingerprint density at radius 3 is 2.45 bits per heavy atom. The molecule has 1 N–H and O–H groups in total. The Morgan fingerprint density at radius 2 is 1.73 bits per heavy atom. The zero-order chi connectivity index (χ0) is 35.8. The number of benzene rings is 1. The fourth-order valence-corrected chi connectivity index (χ4v) is 8.60. The third-order valence-corrected chi connectivity index (χ3v) is 11.0. The molecular weight excluding hydrogens is 654 g/mol. The highest BCUT2D eigenvalue weighted by Gasteiger charge is 2.50. The van der Waals surface area contributed by atoms with Crippen LogP contribution in [0.3, 0.4) is 0 Å². The van der Waals surface area contributed by atoms with Crippen molar-refractivity contribution in [2.45, 2.75) is 108 Å². The van der Waals surface area contributed by atoms with Gasteiger partial charge >= 0.3 is 24.3 Å². The van der Waals surface area contributed by atoms with Crippen molar-refractivity contribution in [1.82, 2.24) is 30.0 Å². The summed E-state index contributed by atoms with van der Waals surface area (Å²) in [7, 11) is 1.57. The standard InChI is InChI=1S/C37H51N7O7/c1-36(2,3)51-35(47)44-26-11-12-27(44)20-42(19-26)31-29-14-18-41(34(46)49-22-25-9-6-5-7-10-25)21-30(29)39-32(40-31)50-24-37-15-8-17-43(37)28(13-16-37)23-48-33(45)38-4/h5-7,9-10,26-28H,8,11-24H2,1-4H3,(H,38,45)/t26-,27+,28?,37?. The molecule has 1 aromatic carbocycles. The van der Waals surface area contributed by atoms with Gasteiger partial charge in [-0.2, -0.15) is 9.97 Å². The Bertz CT molecular complexity index is 1590.